The number of methoxy groups -OCH3 is 1. The second kappa shape index (κ2) is 4.06. The van der Waals surface area contributed by atoms with Crippen molar-refractivity contribution < 1.29 is 4.74 Å². The summed E-state index contributed by atoms with van der Waals surface area (Å²) in [7, 11) is 1.54. The second-order valence-corrected chi connectivity index (χ2v) is 3.28. The van der Waals surface area contributed by atoms with Crippen LogP contribution in [0.3, 0.4) is 0 Å². The monoisotopic (exact) mass is 194 g/mol. The highest BCUT2D eigenvalue weighted by atomic mass is 32.2. The Kier molecular flexibility index (Phi) is 3.04. The fourth-order valence-corrected chi connectivity index (χ4v) is 1.44. The Morgan fingerprint density at radius 1 is 1.54 bits per heavy atom. The Hall–Kier alpha value is -1.34. The molecule has 0 spiro atoms. The van der Waals surface area contributed by atoms with E-state index >= 15 is 0 Å². The minimum Gasteiger partial charge on any atom is -0.495 e. The van der Waals surface area contributed by atoms with Gasteiger partial charge in [0.2, 0.25) is 0 Å². The number of thioether (sulfide) groups is 1. The van der Waals surface area contributed by atoms with Crippen molar-refractivity contribution in [3.05, 3.63) is 17.7 Å². The lowest BCUT2D eigenvalue weighted by atomic mass is 10.2. The van der Waals surface area contributed by atoms with E-state index in [2.05, 4.69) is 0 Å². The number of benzene rings is 1. The molecule has 4 heteroatoms. The minimum absolute atomic E-state index is 0.405. The molecule has 68 valence electrons. The highest BCUT2D eigenvalue weighted by Gasteiger charge is 2.07. The molecule has 3 nitrogen and oxygen atoms in total. The van der Waals surface area contributed by atoms with Gasteiger partial charge in [0.05, 0.1) is 18.4 Å². The zero-order valence-electron chi connectivity index (χ0n) is 7.50. The topological polar surface area (TPSA) is 59.0 Å². The zero-order chi connectivity index (χ0) is 9.84. The Balaban J connectivity index is 3.31. The Bertz CT molecular complexity index is 357. The average molecular weight is 194 g/mol. The summed E-state index contributed by atoms with van der Waals surface area (Å²) in [6, 6.07) is 5.60. The maximum absolute atomic E-state index is 8.76. The fraction of sp³-hybridized carbons (Fsp3) is 0.222. The first-order chi connectivity index (χ1) is 6.22. The number of nitrogens with zero attached hydrogens (tertiary/aromatic N) is 1. The van der Waals surface area contributed by atoms with Crippen molar-refractivity contribution in [3.63, 3.8) is 0 Å². The molecule has 13 heavy (non-hydrogen) atoms. The van der Waals surface area contributed by atoms with Gasteiger partial charge in [-0.15, -0.1) is 11.8 Å². The van der Waals surface area contributed by atoms with Crippen LogP contribution in [-0.4, -0.2) is 13.4 Å². The van der Waals surface area contributed by atoms with Crippen molar-refractivity contribution >= 4 is 17.4 Å². The molecule has 0 atom stereocenters. The van der Waals surface area contributed by atoms with Crippen LogP contribution in [0.25, 0.3) is 0 Å². The molecule has 1 aromatic rings. The number of nitriles is 1. The van der Waals surface area contributed by atoms with Crippen LogP contribution in [0.4, 0.5) is 5.69 Å². The van der Waals surface area contributed by atoms with Crippen LogP contribution in [0.2, 0.25) is 0 Å². The molecule has 0 aliphatic heterocycles. The molecule has 0 unspecified atom stereocenters. The van der Waals surface area contributed by atoms with Gasteiger partial charge in [-0.25, -0.2) is 0 Å². The lowest BCUT2D eigenvalue weighted by Crippen LogP contribution is -1.96. The Morgan fingerprint density at radius 3 is 2.69 bits per heavy atom. The highest BCUT2D eigenvalue weighted by Crippen LogP contribution is 2.30. The van der Waals surface area contributed by atoms with Crippen molar-refractivity contribution in [3.8, 4) is 11.8 Å². The summed E-state index contributed by atoms with van der Waals surface area (Å²) in [5.74, 6) is 0.559. The second-order valence-electron chi connectivity index (χ2n) is 2.40. The van der Waals surface area contributed by atoms with Crippen LogP contribution in [0.1, 0.15) is 5.56 Å². The van der Waals surface area contributed by atoms with Crippen molar-refractivity contribution in [2.45, 2.75) is 4.90 Å². The van der Waals surface area contributed by atoms with Gasteiger partial charge in [-0.05, 0) is 18.4 Å². The number of nitrogen functional groups attached to an aromatic ring is 1. The van der Waals surface area contributed by atoms with Gasteiger partial charge >= 0.3 is 0 Å². The van der Waals surface area contributed by atoms with Crippen LogP contribution < -0.4 is 10.5 Å². The first kappa shape index (κ1) is 9.75. The van der Waals surface area contributed by atoms with Crippen molar-refractivity contribution in [1.29, 1.82) is 5.26 Å². The molecule has 0 fully saturated rings. The number of rotatable bonds is 2. The van der Waals surface area contributed by atoms with Gasteiger partial charge in [-0.3, -0.25) is 0 Å². The van der Waals surface area contributed by atoms with E-state index in [9.17, 15) is 0 Å². The van der Waals surface area contributed by atoms with Crippen molar-refractivity contribution in [2.75, 3.05) is 19.1 Å². The molecule has 2 N–H and O–H groups in total. The Morgan fingerprint density at radius 2 is 2.23 bits per heavy atom. The van der Waals surface area contributed by atoms with Gasteiger partial charge in [0.15, 0.2) is 0 Å². The molecule has 0 saturated heterocycles. The number of nitrogens with two attached hydrogens (primary N) is 1. The van der Waals surface area contributed by atoms with Crippen LogP contribution in [-0.2, 0) is 0 Å². The van der Waals surface area contributed by atoms with Crippen LogP contribution in [0, 0.1) is 11.3 Å². The van der Waals surface area contributed by atoms with Gasteiger partial charge in [-0.1, -0.05) is 0 Å². The van der Waals surface area contributed by atoms with E-state index in [-0.39, 0.29) is 0 Å². The lowest BCUT2D eigenvalue weighted by molar-refractivity contribution is 0.416. The van der Waals surface area contributed by atoms with Gasteiger partial charge in [-0.2, -0.15) is 5.26 Å². The number of hydrogen-bond donors (Lipinski definition) is 1. The van der Waals surface area contributed by atoms with E-state index in [0.29, 0.717) is 17.0 Å². The van der Waals surface area contributed by atoms with Crippen molar-refractivity contribution in [2.24, 2.45) is 0 Å². The predicted molar refractivity (Wildman–Crippen MR) is 53.9 cm³/mol. The van der Waals surface area contributed by atoms with Crippen LogP contribution in [0.15, 0.2) is 17.0 Å². The summed E-state index contributed by atoms with van der Waals surface area (Å²) in [4.78, 5) is 0.975. The molecule has 1 aromatic carbocycles. The van der Waals surface area contributed by atoms with E-state index < -0.39 is 0 Å². The quantitative estimate of drug-likeness (QED) is 0.576. The summed E-state index contributed by atoms with van der Waals surface area (Å²) < 4.78 is 5.04. The van der Waals surface area contributed by atoms with Crippen LogP contribution in [0.5, 0.6) is 5.75 Å². The van der Waals surface area contributed by atoms with Gasteiger partial charge in [0.1, 0.15) is 11.8 Å². The third kappa shape index (κ3) is 1.87. The number of anilines is 1. The van der Waals surface area contributed by atoms with E-state index in [4.69, 9.17) is 15.7 Å². The molecule has 0 aliphatic rings. The SMILES string of the molecule is COc1cc(SC)cc(C#N)c1N. The molecular weight excluding hydrogens is 184 g/mol. The fourth-order valence-electron chi connectivity index (χ4n) is 0.981. The first-order valence-corrected chi connectivity index (χ1v) is 4.87. The van der Waals surface area contributed by atoms with Crippen molar-refractivity contribution in [1.82, 2.24) is 0 Å². The summed E-state index contributed by atoms with van der Waals surface area (Å²) >= 11 is 1.55. The molecule has 0 radical (unpaired) electrons. The molecular formula is C9H10N2OS. The first-order valence-electron chi connectivity index (χ1n) is 3.64. The standard InChI is InChI=1S/C9H10N2OS/c1-12-8-4-7(13-2)3-6(5-10)9(8)11/h3-4H,11H2,1-2H3. The predicted octanol–water partition coefficient (Wildman–Crippen LogP) is 1.87. The molecule has 0 heterocycles. The van der Waals surface area contributed by atoms with Crippen LogP contribution >= 0.6 is 11.8 Å². The minimum atomic E-state index is 0.405. The Labute approximate surface area is 81.5 Å². The molecule has 0 aliphatic carbocycles. The van der Waals surface area contributed by atoms with Gasteiger partial charge in [0.25, 0.3) is 0 Å². The molecule has 0 saturated carbocycles. The third-order valence-electron chi connectivity index (χ3n) is 1.69. The molecule has 0 amide bonds. The maximum Gasteiger partial charge on any atom is 0.144 e. The van der Waals surface area contributed by atoms with E-state index in [1.165, 1.54) is 7.11 Å². The summed E-state index contributed by atoms with van der Waals surface area (Å²) in [6.45, 7) is 0. The highest BCUT2D eigenvalue weighted by molar-refractivity contribution is 7.98. The average Bonchev–Trinajstić information content (AvgIpc) is 2.18. The summed E-state index contributed by atoms with van der Waals surface area (Å²) in [5.41, 5.74) is 6.54. The normalized spacial score (nSPS) is 9.31. The number of hydrogen-bond acceptors (Lipinski definition) is 4. The zero-order valence-corrected chi connectivity index (χ0v) is 8.31. The summed E-state index contributed by atoms with van der Waals surface area (Å²) in [6.07, 6.45) is 1.94. The van der Waals surface area contributed by atoms with E-state index in [1.54, 1.807) is 17.8 Å². The summed E-state index contributed by atoms with van der Waals surface area (Å²) in [5, 5.41) is 8.76. The molecule has 0 bridgehead atoms. The molecule has 1 rings (SSSR count). The molecule has 0 aromatic heterocycles. The van der Waals surface area contributed by atoms with Gasteiger partial charge in [0, 0.05) is 4.90 Å². The lowest BCUT2D eigenvalue weighted by Gasteiger charge is -2.07. The largest absolute Gasteiger partial charge is 0.495 e. The van der Waals surface area contributed by atoms with E-state index in [0.717, 1.165) is 4.90 Å². The third-order valence-corrected chi connectivity index (χ3v) is 2.40. The smallest absolute Gasteiger partial charge is 0.144 e. The number of ether oxygens (including phenoxy) is 1. The van der Waals surface area contributed by atoms with E-state index in [1.807, 2.05) is 18.4 Å². The maximum atomic E-state index is 8.76. The van der Waals surface area contributed by atoms with Gasteiger partial charge < -0.3 is 10.5 Å².